The smallest absolute Gasteiger partial charge is 0.207 e. The van der Waals surface area contributed by atoms with Gasteiger partial charge in [0.05, 0.1) is 5.69 Å². The van der Waals surface area contributed by atoms with Crippen LogP contribution in [0.3, 0.4) is 0 Å². The Bertz CT molecular complexity index is 558. The molecule has 0 aliphatic rings. The summed E-state index contributed by atoms with van der Waals surface area (Å²) < 4.78 is 2.12. The highest BCUT2D eigenvalue weighted by molar-refractivity contribution is 6.31. The lowest BCUT2D eigenvalue weighted by molar-refractivity contribution is 0.607. The average molecular weight is 264 g/mol. The Hall–Kier alpha value is -1.48. The van der Waals surface area contributed by atoms with Gasteiger partial charge in [0.15, 0.2) is 0 Å². The first-order valence-corrected chi connectivity index (χ1v) is 6.44. The summed E-state index contributed by atoms with van der Waals surface area (Å²) in [5.74, 6) is 0.855. The van der Waals surface area contributed by atoms with E-state index >= 15 is 0 Å². The van der Waals surface area contributed by atoms with Gasteiger partial charge in [0.25, 0.3) is 0 Å². The van der Waals surface area contributed by atoms with Gasteiger partial charge in [0.1, 0.15) is 0 Å². The Morgan fingerprint density at radius 3 is 2.67 bits per heavy atom. The second-order valence-electron chi connectivity index (χ2n) is 4.74. The summed E-state index contributed by atoms with van der Waals surface area (Å²) in [5.41, 5.74) is 3.04. The summed E-state index contributed by atoms with van der Waals surface area (Å²) >= 11 is 6.12. The van der Waals surface area contributed by atoms with Crippen LogP contribution < -0.4 is 5.32 Å². The van der Waals surface area contributed by atoms with E-state index in [-0.39, 0.29) is 0 Å². The number of imidazole rings is 1. The van der Waals surface area contributed by atoms with Crippen LogP contribution in [0.5, 0.6) is 0 Å². The molecule has 0 radical (unpaired) electrons. The van der Waals surface area contributed by atoms with Gasteiger partial charge in [-0.2, -0.15) is 0 Å². The molecule has 2 rings (SSSR count). The third kappa shape index (κ3) is 2.51. The fourth-order valence-electron chi connectivity index (χ4n) is 1.87. The van der Waals surface area contributed by atoms with Crippen molar-refractivity contribution in [2.45, 2.75) is 33.7 Å². The van der Waals surface area contributed by atoms with Crippen LogP contribution in [0.2, 0.25) is 5.02 Å². The molecule has 0 unspecified atom stereocenters. The number of benzene rings is 1. The van der Waals surface area contributed by atoms with Crippen LogP contribution >= 0.6 is 11.6 Å². The maximum absolute atomic E-state index is 6.12. The third-order valence-electron chi connectivity index (χ3n) is 2.92. The van der Waals surface area contributed by atoms with Crippen LogP contribution in [0.1, 0.15) is 31.1 Å². The number of anilines is 2. The van der Waals surface area contributed by atoms with Gasteiger partial charge in [-0.1, -0.05) is 17.7 Å². The third-order valence-corrected chi connectivity index (χ3v) is 3.33. The number of hydrogen-bond acceptors (Lipinski definition) is 2. The van der Waals surface area contributed by atoms with Gasteiger partial charge in [0.2, 0.25) is 5.95 Å². The molecule has 0 saturated carbocycles. The minimum atomic E-state index is 0.369. The Labute approximate surface area is 113 Å². The molecule has 0 atom stereocenters. The molecule has 0 bridgehead atoms. The van der Waals surface area contributed by atoms with Gasteiger partial charge >= 0.3 is 0 Å². The van der Waals surface area contributed by atoms with Crippen molar-refractivity contribution >= 4 is 23.2 Å². The molecule has 1 heterocycles. The largest absolute Gasteiger partial charge is 0.325 e. The summed E-state index contributed by atoms with van der Waals surface area (Å²) in [4.78, 5) is 4.51. The first-order valence-electron chi connectivity index (χ1n) is 6.06. The highest BCUT2D eigenvalue weighted by atomic mass is 35.5. The number of aromatic nitrogens is 2. The zero-order chi connectivity index (χ0) is 13.3. The van der Waals surface area contributed by atoms with E-state index in [9.17, 15) is 0 Å². The summed E-state index contributed by atoms with van der Waals surface area (Å²) in [6.45, 7) is 8.27. The molecule has 2 aromatic rings. The molecule has 4 heteroatoms. The van der Waals surface area contributed by atoms with Crippen molar-refractivity contribution in [2.24, 2.45) is 0 Å². The minimum absolute atomic E-state index is 0.369. The van der Waals surface area contributed by atoms with Crippen LogP contribution in [-0.2, 0) is 0 Å². The molecule has 18 heavy (non-hydrogen) atoms. The van der Waals surface area contributed by atoms with Gasteiger partial charge in [-0.25, -0.2) is 4.98 Å². The summed E-state index contributed by atoms with van der Waals surface area (Å²) in [6.07, 6.45) is 2.05. The number of halogens is 1. The van der Waals surface area contributed by atoms with Gasteiger partial charge in [-0.05, 0) is 45.4 Å². The lowest BCUT2D eigenvalue weighted by Gasteiger charge is -2.14. The van der Waals surface area contributed by atoms with Gasteiger partial charge in [-0.3, -0.25) is 0 Å². The fourth-order valence-corrected chi connectivity index (χ4v) is 2.04. The van der Waals surface area contributed by atoms with E-state index in [0.717, 1.165) is 27.9 Å². The van der Waals surface area contributed by atoms with Crippen molar-refractivity contribution in [1.29, 1.82) is 0 Å². The first-order chi connectivity index (χ1) is 8.49. The Balaban J connectivity index is 2.37. The monoisotopic (exact) mass is 263 g/mol. The minimum Gasteiger partial charge on any atom is -0.325 e. The van der Waals surface area contributed by atoms with E-state index in [1.165, 1.54) is 0 Å². The quantitative estimate of drug-likeness (QED) is 0.885. The van der Waals surface area contributed by atoms with Crippen LogP contribution in [0.15, 0.2) is 24.4 Å². The molecule has 0 fully saturated rings. The Morgan fingerprint density at radius 1 is 1.28 bits per heavy atom. The van der Waals surface area contributed by atoms with Gasteiger partial charge < -0.3 is 9.88 Å². The highest BCUT2D eigenvalue weighted by Crippen LogP contribution is 2.26. The standard InChI is InChI=1S/C14H18ClN3/c1-9(2)18-8-10(3)16-14(18)17-13-7-5-6-12(15)11(13)4/h5-9H,1-4H3,(H,16,17). The molecular formula is C14H18ClN3. The summed E-state index contributed by atoms with van der Waals surface area (Å²) in [7, 11) is 0. The molecule has 96 valence electrons. The Morgan fingerprint density at radius 2 is 2.00 bits per heavy atom. The molecule has 3 nitrogen and oxygen atoms in total. The molecule has 0 amide bonds. The topological polar surface area (TPSA) is 29.9 Å². The molecular weight excluding hydrogens is 246 g/mol. The van der Waals surface area contributed by atoms with E-state index in [2.05, 4.69) is 28.7 Å². The number of nitrogens with zero attached hydrogens (tertiary/aromatic N) is 2. The van der Waals surface area contributed by atoms with Crippen molar-refractivity contribution in [1.82, 2.24) is 9.55 Å². The second kappa shape index (κ2) is 5.02. The summed E-state index contributed by atoms with van der Waals surface area (Å²) in [5, 5.41) is 4.11. The van der Waals surface area contributed by atoms with Crippen molar-refractivity contribution in [2.75, 3.05) is 5.32 Å². The van der Waals surface area contributed by atoms with E-state index in [4.69, 9.17) is 11.6 Å². The number of hydrogen-bond donors (Lipinski definition) is 1. The SMILES string of the molecule is Cc1cn(C(C)C)c(Nc2cccc(Cl)c2C)n1. The zero-order valence-corrected chi connectivity index (χ0v) is 11.9. The normalized spacial score (nSPS) is 11.0. The predicted octanol–water partition coefficient (Wildman–Crippen LogP) is 4.48. The maximum atomic E-state index is 6.12. The van der Waals surface area contributed by atoms with Crippen LogP contribution in [0.25, 0.3) is 0 Å². The van der Waals surface area contributed by atoms with Crippen molar-refractivity contribution in [3.8, 4) is 0 Å². The van der Waals surface area contributed by atoms with E-state index in [1.54, 1.807) is 0 Å². The fraction of sp³-hybridized carbons (Fsp3) is 0.357. The molecule has 1 N–H and O–H groups in total. The second-order valence-corrected chi connectivity index (χ2v) is 5.15. The van der Waals surface area contributed by atoms with Crippen molar-refractivity contribution < 1.29 is 0 Å². The lowest BCUT2D eigenvalue weighted by atomic mass is 10.2. The lowest BCUT2D eigenvalue weighted by Crippen LogP contribution is -2.05. The molecule has 1 aromatic carbocycles. The average Bonchev–Trinajstić information content (AvgIpc) is 2.66. The molecule has 1 aromatic heterocycles. The zero-order valence-electron chi connectivity index (χ0n) is 11.2. The van der Waals surface area contributed by atoms with Crippen LogP contribution in [-0.4, -0.2) is 9.55 Å². The number of rotatable bonds is 3. The van der Waals surface area contributed by atoms with Gasteiger partial charge in [-0.15, -0.1) is 0 Å². The summed E-state index contributed by atoms with van der Waals surface area (Å²) in [6, 6.07) is 6.21. The van der Waals surface area contributed by atoms with E-state index < -0.39 is 0 Å². The number of nitrogens with one attached hydrogen (secondary N) is 1. The van der Waals surface area contributed by atoms with Gasteiger partial charge in [0, 0.05) is 22.9 Å². The molecule has 0 spiro atoms. The molecule has 0 aliphatic carbocycles. The Kier molecular flexibility index (Phi) is 3.62. The molecule has 0 aliphatic heterocycles. The first kappa shape index (κ1) is 13.0. The van der Waals surface area contributed by atoms with Crippen molar-refractivity contribution in [3.05, 3.63) is 40.7 Å². The highest BCUT2D eigenvalue weighted by Gasteiger charge is 2.10. The number of aryl methyl sites for hydroxylation is 1. The van der Waals surface area contributed by atoms with Crippen LogP contribution in [0, 0.1) is 13.8 Å². The maximum Gasteiger partial charge on any atom is 0.207 e. The van der Waals surface area contributed by atoms with Crippen molar-refractivity contribution in [3.63, 3.8) is 0 Å². The predicted molar refractivity (Wildman–Crippen MR) is 76.8 cm³/mol. The van der Waals surface area contributed by atoms with Crippen LogP contribution in [0.4, 0.5) is 11.6 Å². The van der Waals surface area contributed by atoms with E-state index in [1.807, 2.05) is 38.2 Å². The van der Waals surface area contributed by atoms with E-state index in [0.29, 0.717) is 6.04 Å². The molecule has 0 saturated heterocycles.